The van der Waals surface area contributed by atoms with Crippen LogP contribution in [0.5, 0.6) is 0 Å². The van der Waals surface area contributed by atoms with Gasteiger partial charge in [0.05, 0.1) is 11.3 Å². The first-order chi connectivity index (χ1) is 13.3. The minimum atomic E-state index is -4.64. The van der Waals surface area contributed by atoms with E-state index in [1.807, 2.05) is 12.1 Å². The molecule has 0 bridgehead atoms. The lowest BCUT2D eigenvalue weighted by Gasteiger charge is -2.13. The van der Waals surface area contributed by atoms with Crippen molar-refractivity contribution in [3.8, 4) is 0 Å². The number of hydrogen-bond donors (Lipinski definition) is 1. The molecule has 140 valence electrons. The van der Waals surface area contributed by atoms with Gasteiger partial charge in [0.1, 0.15) is 11.1 Å². The molecule has 0 unspecified atom stereocenters. The predicted molar refractivity (Wildman–Crippen MR) is 99.4 cm³/mol. The van der Waals surface area contributed by atoms with Crippen molar-refractivity contribution in [1.82, 2.24) is 0 Å². The van der Waals surface area contributed by atoms with Crippen molar-refractivity contribution in [2.24, 2.45) is 0 Å². The summed E-state index contributed by atoms with van der Waals surface area (Å²) in [6.07, 6.45) is -4.64. The van der Waals surface area contributed by atoms with E-state index in [1.165, 1.54) is 18.2 Å². The van der Waals surface area contributed by atoms with Crippen LogP contribution in [0.3, 0.4) is 0 Å². The molecule has 1 aromatic heterocycles. The second-order valence-electron chi connectivity index (χ2n) is 6.14. The lowest BCUT2D eigenvalue weighted by molar-refractivity contribution is -0.136. The lowest BCUT2D eigenvalue weighted by Crippen LogP contribution is -2.22. The van der Waals surface area contributed by atoms with Crippen molar-refractivity contribution in [3.63, 3.8) is 0 Å². The van der Waals surface area contributed by atoms with E-state index in [2.05, 4.69) is 5.32 Å². The highest BCUT2D eigenvalue weighted by molar-refractivity contribution is 6.10. The first kappa shape index (κ1) is 17.8. The molecule has 0 fully saturated rings. The number of anilines is 1. The van der Waals surface area contributed by atoms with Crippen LogP contribution in [0.1, 0.15) is 15.9 Å². The average Bonchev–Trinajstić information content (AvgIpc) is 2.66. The molecule has 0 radical (unpaired) electrons. The Bertz CT molecular complexity index is 1280. The lowest BCUT2D eigenvalue weighted by atomic mass is 10.0. The van der Waals surface area contributed by atoms with Gasteiger partial charge in [-0.05, 0) is 35.0 Å². The molecule has 1 N–H and O–H groups in total. The number of benzene rings is 3. The first-order valence-electron chi connectivity index (χ1n) is 8.28. The van der Waals surface area contributed by atoms with Gasteiger partial charge in [-0.25, -0.2) is 4.79 Å². The SMILES string of the molecule is O=C(Nc1ccccc1C(F)(F)F)c1cc2c(ccc3ccccc32)oc1=O. The van der Waals surface area contributed by atoms with Crippen LogP contribution in [0.25, 0.3) is 21.7 Å². The van der Waals surface area contributed by atoms with Gasteiger partial charge in [0, 0.05) is 5.39 Å². The van der Waals surface area contributed by atoms with Crippen LogP contribution in [0, 0.1) is 0 Å². The number of halogens is 3. The third-order valence-electron chi connectivity index (χ3n) is 4.37. The summed E-state index contributed by atoms with van der Waals surface area (Å²) in [6.45, 7) is 0. The topological polar surface area (TPSA) is 59.3 Å². The Balaban J connectivity index is 1.81. The molecule has 0 aliphatic rings. The summed E-state index contributed by atoms with van der Waals surface area (Å²) in [4.78, 5) is 24.8. The van der Waals surface area contributed by atoms with Gasteiger partial charge in [-0.3, -0.25) is 4.79 Å². The molecular weight excluding hydrogens is 371 g/mol. The Hall–Kier alpha value is -3.61. The fourth-order valence-corrected chi connectivity index (χ4v) is 3.06. The van der Waals surface area contributed by atoms with Gasteiger partial charge in [-0.2, -0.15) is 13.2 Å². The summed E-state index contributed by atoms with van der Waals surface area (Å²) in [6, 6.07) is 16.6. The summed E-state index contributed by atoms with van der Waals surface area (Å²) in [7, 11) is 0. The summed E-state index contributed by atoms with van der Waals surface area (Å²) < 4.78 is 44.6. The fourth-order valence-electron chi connectivity index (χ4n) is 3.06. The molecule has 3 aromatic carbocycles. The van der Waals surface area contributed by atoms with E-state index in [0.29, 0.717) is 5.39 Å². The molecule has 0 atom stereocenters. The van der Waals surface area contributed by atoms with E-state index in [9.17, 15) is 22.8 Å². The molecule has 4 aromatic rings. The molecule has 4 nitrogen and oxygen atoms in total. The molecule has 7 heteroatoms. The maximum atomic E-state index is 13.1. The Labute approximate surface area is 156 Å². The number of carbonyl (C=O) groups excluding carboxylic acids is 1. The van der Waals surface area contributed by atoms with Crippen LogP contribution in [0.15, 0.2) is 75.9 Å². The van der Waals surface area contributed by atoms with Crippen LogP contribution in [0.4, 0.5) is 18.9 Å². The Kier molecular flexibility index (Phi) is 4.15. The largest absolute Gasteiger partial charge is 0.422 e. The van der Waals surface area contributed by atoms with Crippen LogP contribution in [-0.2, 0) is 6.18 Å². The van der Waals surface area contributed by atoms with E-state index >= 15 is 0 Å². The molecule has 0 aliphatic carbocycles. The summed E-state index contributed by atoms with van der Waals surface area (Å²) in [5.74, 6) is -0.972. The van der Waals surface area contributed by atoms with Crippen LogP contribution < -0.4 is 10.9 Å². The van der Waals surface area contributed by atoms with Gasteiger partial charge in [0.15, 0.2) is 0 Å². The number of amides is 1. The van der Waals surface area contributed by atoms with Crippen molar-refractivity contribution >= 4 is 33.3 Å². The van der Waals surface area contributed by atoms with E-state index < -0.39 is 29.0 Å². The number of carbonyl (C=O) groups is 1. The van der Waals surface area contributed by atoms with Crippen molar-refractivity contribution in [2.75, 3.05) is 5.32 Å². The number of nitrogens with one attached hydrogen (secondary N) is 1. The molecule has 0 saturated carbocycles. The normalized spacial score (nSPS) is 11.7. The standard InChI is InChI=1S/C21H12F3NO3/c22-21(23,24)16-7-3-4-8-17(16)25-19(26)15-11-14-13-6-2-1-5-12(13)9-10-18(14)28-20(15)27/h1-11H,(H,25,26). The summed E-state index contributed by atoms with van der Waals surface area (Å²) in [5.41, 5.74) is -2.45. The molecule has 0 saturated heterocycles. The third-order valence-corrected chi connectivity index (χ3v) is 4.37. The third kappa shape index (κ3) is 3.11. The maximum Gasteiger partial charge on any atom is 0.418 e. The van der Waals surface area contributed by atoms with Gasteiger partial charge in [0.25, 0.3) is 5.91 Å². The van der Waals surface area contributed by atoms with Crippen molar-refractivity contribution in [3.05, 3.63) is 88.3 Å². The van der Waals surface area contributed by atoms with Gasteiger partial charge in [-0.15, -0.1) is 0 Å². The molecule has 4 rings (SSSR count). The minimum absolute atomic E-state index is 0.288. The Morgan fingerprint density at radius 2 is 1.61 bits per heavy atom. The summed E-state index contributed by atoms with van der Waals surface area (Å²) >= 11 is 0. The number of rotatable bonds is 2. The zero-order chi connectivity index (χ0) is 19.9. The quantitative estimate of drug-likeness (QED) is 0.382. The maximum absolute atomic E-state index is 13.1. The molecule has 0 aliphatic heterocycles. The Morgan fingerprint density at radius 1 is 0.893 bits per heavy atom. The zero-order valence-electron chi connectivity index (χ0n) is 14.2. The second kappa shape index (κ2) is 6.53. The van der Waals surface area contributed by atoms with Gasteiger partial charge < -0.3 is 9.73 Å². The number of para-hydroxylation sites is 1. The van der Waals surface area contributed by atoms with Crippen molar-refractivity contribution in [2.45, 2.75) is 6.18 Å². The highest BCUT2D eigenvalue weighted by atomic mass is 19.4. The van der Waals surface area contributed by atoms with Gasteiger partial charge in [-0.1, -0.05) is 42.5 Å². The zero-order valence-corrected chi connectivity index (χ0v) is 14.2. The van der Waals surface area contributed by atoms with Crippen molar-refractivity contribution < 1.29 is 22.4 Å². The predicted octanol–water partition coefficient (Wildman–Crippen LogP) is 5.22. The van der Waals surface area contributed by atoms with E-state index in [1.54, 1.807) is 24.3 Å². The molecule has 28 heavy (non-hydrogen) atoms. The molecule has 0 spiro atoms. The highest BCUT2D eigenvalue weighted by Gasteiger charge is 2.33. The van der Waals surface area contributed by atoms with E-state index in [4.69, 9.17) is 4.42 Å². The number of alkyl halides is 3. The van der Waals surface area contributed by atoms with Crippen LogP contribution >= 0.6 is 0 Å². The van der Waals surface area contributed by atoms with Crippen molar-refractivity contribution in [1.29, 1.82) is 0 Å². The van der Waals surface area contributed by atoms with Crippen LogP contribution in [-0.4, -0.2) is 5.91 Å². The number of hydrogen-bond acceptors (Lipinski definition) is 3. The number of fused-ring (bicyclic) bond motifs is 3. The molecule has 1 amide bonds. The van der Waals surface area contributed by atoms with E-state index in [-0.39, 0.29) is 11.1 Å². The van der Waals surface area contributed by atoms with E-state index in [0.717, 1.165) is 22.9 Å². The summed E-state index contributed by atoms with van der Waals surface area (Å²) in [5, 5.41) is 4.32. The first-order valence-corrected chi connectivity index (χ1v) is 8.28. The Morgan fingerprint density at radius 3 is 2.39 bits per heavy atom. The second-order valence-corrected chi connectivity index (χ2v) is 6.14. The highest BCUT2D eigenvalue weighted by Crippen LogP contribution is 2.34. The fraction of sp³-hybridized carbons (Fsp3) is 0.0476. The molecular formula is C21H12F3NO3. The van der Waals surface area contributed by atoms with Gasteiger partial charge >= 0.3 is 11.8 Å². The minimum Gasteiger partial charge on any atom is -0.422 e. The smallest absolute Gasteiger partial charge is 0.418 e. The van der Waals surface area contributed by atoms with Crippen LogP contribution in [0.2, 0.25) is 0 Å². The van der Waals surface area contributed by atoms with Gasteiger partial charge in [0.2, 0.25) is 0 Å². The monoisotopic (exact) mass is 383 g/mol. The average molecular weight is 383 g/mol. The molecule has 1 heterocycles.